The van der Waals surface area contributed by atoms with Crippen molar-refractivity contribution in [3.63, 3.8) is 0 Å². The molecule has 4 N–H and O–H groups in total. The number of aliphatic hydroxyl groups excluding tert-OH is 1. The summed E-state index contributed by atoms with van der Waals surface area (Å²) >= 11 is 0. The molecule has 0 fully saturated rings. The van der Waals surface area contributed by atoms with Crippen LogP contribution in [0.3, 0.4) is 0 Å². The first-order valence-electron chi connectivity index (χ1n) is 14.1. The molecule has 4 rings (SSSR count). The summed E-state index contributed by atoms with van der Waals surface area (Å²) in [6, 6.07) is 14.4. The topological polar surface area (TPSA) is 116 Å². The monoisotopic (exact) mass is 590 g/mol. The van der Waals surface area contributed by atoms with Gasteiger partial charge >= 0.3 is 0 Å². The van der Waals surface area contributed by atoms with E-state index in [1.54, 1.807) is 26.2 Å². The minimum atomic E-state index is -1.12. The molecule has 0 bridgehead atoms. The van der Waals surface area contributed by atoms with E-state index >= 15 is 0 Å². The number of aromatic amines is 1. The number of halogens is 2. The van der Waals surface area contributed by atoms with Crippen LogP contribution < -0.4 is 15.4 Å². The highest BCUT2D eigenvalue weighted by Gasteiger charge is 2.24. The van der Waals surface area contributed by atoms with Crippen LogP contribution in [0.2, 0.25) is 0 Å². The fraction of sp³-hybridized carbons (Fsp3) is 0.303. The number of methoxy groups -OCH3 is 1. The minimum absolute atomic E-state index is 0.0340. The maximum Gasteiger partial charge on any atom is 0.251 e. The highest BCUT2D eigenvalue weighted by Crippen LogP contribution is 2.18. The van der Waals surface area contributed by atoms with Crippen LogP contribution in [-0.2, 0) is 19.4 Å². The van der Waals surface area contributed by atoms with E-state index in [9.17, 15) is 23.5 Å². The van der Waals surface area contributed by atoms with Gasteiger partial charge in [-0.2, -0.15) is 0 Å². The zero-order valence-electron chi connectivity index (χ0n) is 24.4. The average Bonchev–Trinajstić information content (AvgIpc) is 3.44. The summed E-state index contributed by atoms with van der Waals surface area (Å²) in [5, 5.41) is 17.1. The highest BCUT2D eigenvalue weighted by molar-refractivity contribution is 6.10. The van der Waals surface area contributed by atoms with E-state index in [1.807, 2.05) is 31.2 Å². The van der Waals surface area contributed by atoms with Crippen LogP contribution in [0.1, 0.15) is 62.1 Å². The number of imidazole rings is 1. The Balaban J connectivity index is 1.53. The molecule has 0 aliphatic rings. The van der Waals surface area contributed by atoms with E-state index in [0.717, 1.165) is 23.7 Å². The number of aryl methyl sites for hydroxylation is 2. The van der Waals surface area contributed by atoms with Crippen LogP contribution in [0.5, 0.6) is 5.75 Å². The fourth-order valence-electron chi connectivity index (χ4n) is 4.95. The third kappa shape index (κ3) is 8.56. The van der Waals surface area contributed by atoms with Gasteiger partial charge in [0.05, 0.1) is 25.6 Å². The lowest BCUT2D eigenvalue weighted by Crippen LogP contribution is -2.48. The fourth-order valence-corrected chi connectivity index (χ4v) is 4.95. The molecule has 226 valence electrons. The maximum atomic E-state index is 14.0. The van der Waals surface area contributed by atoms with Gasteiger partial charge in [-0.3, -0.25) is 9.59 Å². The number of nitrogens with zero attached hydrogens (tertiary/aromatic N) is 1. The van der Waals surface area contributed by atoms with Gasteiger partial charge < -0.3 is 25.5 Å². The van der Waals surface area contributed by atoms with Crippen molar-refractivity contribution >= 4 is 11.7 Å². The first-order chi connectivity index (χ1) is 20.7. The van der Waals surface area contributed by atoms with Crippen molar-refractivity contribution in [1.29, 1.82) is 0 Å². The lowest BCUT2D eigenvalue weighted by molar-refractivity contribution is 0.0829. The van der Waals surface area contributed by atoms with Gasteiger partial charge in [-0.1, -0.05) is 25.5 Å². The van der Waals surface area contributed by atoms with E-state index < -0.39 is 29.7 Å². The molecule has 43 heavy (non-hydrogen) atoms. The molecule has 10 heteroatoms. The third-order valence-electron chi connectivity index (χ3n) is 7.01. The molecule has 0 aliphatic heterocycles. The number of amides is 1. The predicted octanol–water partition coefficient (Wildman–Crippen LogP) is 4.68. The second kappa shape index (κ2) is 14.7. The van der Waals surface area contributed by atoms with E-state index in [1.165, 1.54) is 24.5 Å². The summed E-state index contributed by atoms with van der Waals surface area (Å²) in [5.41, 5.74) is 3.44. The summed E-state index contributed by atoms with van der Waals surface area (Å²) in [5.74, 6) is -1.66. The molecule has 0 unspecified atom stereocenters. The Hall–Kier alpha value is -4.41. The van der Waals surface area contributed by atoms with Gasteiger partial charge in [0.2, 0.25) is 5.78 Å². The first kappa shape index (κ1) is 31.5. The second-order valence-corrected chi connectivity index (χ2v) is 10.5. The molecule has 1 heterocycles. The zero-order chi connectivity index (χ0) is 30.9. The first-order valence-corrected chi connectivity index (χ1v) is 14.1. The normalized spacial score (nSPS) is 12.5. The third-order valence-corrected chi connectivity index (χ3v) is 7.01. The summed E-state index contributed by atoms with van der Waals surface area (Å²) in [6.45, 7) is 4.27. The van der Waals surface area contributed by atoms with Crippen LogP contribution in [0, 0.1) is 18.6 Å². The van der Waals surface area contributed by atoms with Gasteiger partial charge in [0.15, 0.2) is 0 Å². The molecule has 4 aromatic rings. The smallest absolute Gasteiger partial charge is 0.251 e. The minimum Gasteiger partial charge on any atom is -0.497 e. The Morgan fingerprint density at radius 1 is 1.02 bits per heavy atom. The van der Waals surface area contributed by atoms with Gasteiger partial charge in [0.25, 0.3) is 5.91 Å². The SMILES string of the molecule is CCCc1[nH]cnc1C(=O)c1cc(C)cc(C(=O)N[C@@H](Cc2cc(F)cc(F)c2)[C@H](O)CNCc2cccc(OC)c2)c1. The number of rotatable bonds is 14. The van der Waals surface area contributed by atoms with Crippen molar-refractivity contribution in [3.05, 3.63) is 118 Å². The van der Waals surface area contributed by atoms with Gasteiger partial charge in [-0.15, -0.1) is 0 Å². The number of aromatic nitrogens is 2. The quantitative estimate of drug-likeness (QED) is 0.159. The molecule has 0 radical (unpaired) electrons. The Labute approximate surface area is 249 Å². The van der Waals surface area contributed by atoms with E-state index in [2.05, 4.69) is 20.6 Å². The maximum absolute atomic E-state index is 14.0. The zero-order valence-corrected chi connectivity index (χ0v) is 24.4. The average molecular weight is 591 g/mol. The number of aliphatic hydroxyl groups is 1. The highest BCUT2D eigenvalue weighted by atomic mass is 19.1. The van der Waals surface area contributed by atoms with Crippen LogP contribution in [0.25, 0.3) is 0 Å². The number of carbonyl (C=O) groups is 2. The molecule has 0 spiro atoms. The number of carbonyl (C=O) groups excluding carboxylic acids is 2. The molecule has 8 nitrogen and oxygen atoms in total. The van der Waals surface area contributed by atoms with Gasteiger partial charge in [-0.25, -0.2) is 13.8 Å². The van der Waals surface area contributed by atoms with Crippen LogP contribution in [0.4, 0.5) is 8.78 Å². The van der Waals surface area contributed by atoms with Crippen molar-refractivity contribution in [2.45, 2.75) is 51.8 Å². The summed E-state index contributed by atoms with van der Waals surface area (Å²) in [4.78, 5) is 34.0. The largest absolute Gasteiger partial charge is 0.497 e. The van der Waals surface area contributed by atoms with Gasteiger partial charge in [0, 0.05) is 36.0 Å². The van der Waals surface area contributed by atoms with Gasteiger partial charge in [-0.05, 0) is 78.9 Å². The molecule has 1 aromatic heterocycles. The second-order valence-electron chi connectivity index (χ2n) is 10.5. The molecule has 3 aromatic carbocycles. The Morgan fingerprint density at radius 2 is 1.77 bits per heavy atom. The molecule has 2 atom stereocenters. The van der Waals surface area contributed by atoms with Crippen LogP contribution in [0.15, 0.2) is 67.0 Å². The molecule has 0 aliphatic carbocycles. The van der Waals surface area contributed by atoms with Crippen molar-refractivity contribution in [2.24, 2.45) is 0 Å². The van der Waals surface area contributed by atoms with Crippen LogP contribution in [-0.4, -0.2) is 52.6 Å². The number of hydrogen-bond donors (Lipinski definition) is 4. The van der Waals surface area contributed by atoms with Crippen LogP contribution >= 0.6 is 0 Å². The molecule has 0 saturated heterocycles. The van der Waals surface area contributed by atoms with E-state index in [-0.39, 0.29) is 29.9 Å². The summed E-state index contributed by atoms with van der Waals surface area (Å²) < 4.78 is 33.2. The lowest BCUT2D eigenvalue weighted by atomic mass is 9.98. The molecular weight excluding hydrogens is 554 g/mol. The number of H-pyrrole nitrogens is 1. The van der Waals surface area contributed by atoms with Gasteiger partial charge in [0.1, 0.15) is 23.1 Å². The van der Waals surface area contributed by atoms with Crippen molar-refractivity contribution in [3.8, 4) is 5.75 Å². The number of nitrogens with one attached hydrogen (secondary N) is 3. The predicted molar refractivity (Wildman–Crippen MR) is 159 cm³/mol. The Bertz CT molecular complexity index is 1550. The van der Waals surface area contributed by atoms with E-state index in [4.69, 9.17) is 4.74 Å². The number of ether oxygens (including phenoxy) is 1. The number of benzene rings is 3. The molecule has 1 amide bonds. The summed E-state index contributed by atoms with van der Waals surface area (Å²) in [6.07, 6.45) is 1.81. The number of hydrogen-bond acceptors (Lipinski definition) is 6. The van der Waals surface area contributed by atoms with E-state index in [0.29, 0.717) is 35.5 Å². The standard InChI is InChI=1S/C33H36F2N4O4/c1-4-6-28-31(38-19-37-28)32(41)23-9-20(2)10-24(15-23)33(42)39-29(14-22-11-25(34)16-26(35)12-22)30(40)18-36-17-21-7-5-8-27(13-21)43-3/h5,7-13,15-16,19,29-30,36,40H,4,6,14,17-18H2,1-3H3,(H,37,38)(H,39,42)/t29-,30+/m0/s1. The molecule has 0 saturated carbocycles. The summed E-state index contributed by atoms with van der Waals surface area (Å²) in [7, 11) is 1.58. The Morgan fingerprint density at radius 3 is 2.49 bits per heavy atom. The van der Waals surface area contributed by atoms with Crippen molar-refractivity contribution in [2.75, 3.05) is 13.7 Å². The number of ketones is 1. The lowest BCUT2D eigenvalue weighted by Gasteiger charge is -2.25. The van der Waals surface area contributed by atoms with Crippen molar-refractivity contribution in [1.82, 2.24) is 20.6 Å². The van der Waals surface area contributed by atoms with Crippen molar-refractivity contribution < 1.29 is 28.2 Å². The Kier molecular flexibility index (Phi) is 10.7. The molecular formula is C33H36F2N4O4.